The predicted molar refractivity (Wildman–Crippen MR) is 121 cm³/mol. The minimum absolute atomic E-state index is 0. The molecule has 6 nitrogen and oxygen atoms in total. The van der Waals surface area contributed by atoms with E-state index in [0.717, 1.165) is 49.1 Å². The summed E-state index contributed by atoms with van der Waals surface area (Å²) in [7, 11) is 5.07. The van der Waals surface area contributed by atoms with Gasteiger partial charge in [-0.2, -0.15) is 0 Å². The summed E-state index contributed by atoms with van der Waals surface area (Å²) in [6.07, 6.45) is 3.69. The van der Waals surface area contributed by atoms with Gasteiger partial charge in [-0.05, 0) is 49.1 Å². The van der Waals surface area contributed by atoms with E-state index in [-0.39, 0.29) is 24.0 Å². The molecule has 2 rings (SSSR count). The lowest BCUT2D eigenvalue weighted by Crippen LogP contribution is -2.39. The molecule has 1 aromatic heterocycles. The topological polar surface area (TPSA) is 67.8 Å². The van der Waals surface area contributed by atoms with Gasteiger partial charge in [-0.3, -0.25) is 9.98 Å². The maximum absolute atomic E-state index is 5.34. The van der Waals surface area contributed by atoms with Gasteiger partial charge in [0.05, 0.1) is 14.2 Å². The molecule has 0 unspecified atom stereocenters. The summed E-state index contributed by atoms with van der Waals surface area (Å²) in [4.78, 5) is 8.57. The average molecular weight is 484 g/mol. The third kappa shape index (κ3) is 7.62. The van der Waals surface area contributed by atoms with Gasteiger partial charge < -0.3 is 20.1 Å². The van der Waals surface area contributed by atoms with E-state index < -0.39 is 0 Å². The normalized spacial score (nSPS) is 10.7. The van der Waals surface area contributed by atoms with Crippen molar-refractivity contribution in [1.82, 2.24) is 15.6 Å². The number of methoxy groups -OCH3 is 2. The van der Waals surface area contributed by atoms with Gasteiger partial charge in [-0.15, -0.1) is 24.0 Å². The molecule has 1 aromatic carbocycles. The zero-order valence-corrected chi connectivity index (χ0v) is 18.7. The van der Waals surface area contributed by atoms with Crippen LogP contribution >= 0.6 is 24.0 Å². The Morgan fingerprint density at radius 3 is 2.15 bits per heavy atom. The monoisotopic (exact) mass is 484 g/mol. The highest BCUT2D eigenvalue weighted by molar-refractivity contribution is 14.0. The van der Waals surface area contributed by atoms with Crippen molar-refractivity contribution in [2.45, 2.75) is 19.8 Å². The summed E-state index contributed by atoms with van der Waals surface area (Å²) in [6, 6.07) is 10.1. The first-order chi connectivity index (χ1) is 12.7. The summed E-state index contributed by atoms with van der Waals surface area (Å²) < 4.78 is 10.6. The lowest BCUT2D eigenvalue weighted by atomic mass is 10.1. The van der Waals surface area contributed by atoms with Crippen LogP contribution in [-0.2, 0) is 12.8 Å². The Kier molecular flexibility index (Phi) is 10.5. The average Bonchev–Trinajstić information content (AvgIpc) is 2.68. The van der Waals surface area contributed by atoms with Gasteiger partial charge in [-0.1, -0.05) is 12.1 Å². The molecule has 1 heterocycles. The summed E-state index contributed by atoms with van der Waals surface area (Å²) in [5.74, 6) is 2.29. The number of benzene rings is 1. The number of aryl methyl sites for hydroxylation is 1. The van der Waals surface area contributed by atoms with E-state index in [0.29, 0.717) is 0 Å². The van der Waals surface area contributed by atoms with Crippen molar-refractivity contribution in [1.29, 1.82) is 0 Å². The summed E-state index contributed by atoms with van der Waals surface area (Å²) in [5, 5.41) is 6.66. The molecule has 0 atom stereocenters. The quantitative estimate of drug-likeness (QED) is 0.343. The Morgan fingerprint density at radius 1 is 0.963 bits per heavy atom. The minimum atomic E-state index is 0. The van der Waals surface area contributed by atoms with Crippen molar-refractivity contribution in [3.8, 4) is 11.5 Å². The molecule has 0 aliphatic carbocycles. The van der Waals surface area contributed by atoms with E-state index in [1.54, 1.807) is 21.3 Å². The number of nitrogens with zero attached hydrogens (tertiary/aromatic N) is 2. The van der Waals surface area contributed by atoms with Gasteiger partial charge in [0.2, 0.25) is 0 Å². The fourth-order valence-electron chi connectivity index (χ4n) is 2.55. The Balaban J connectivity index is 0.00000364. The van der Waals surface area contributed by atoms with Gasteiger partial charge >= 0.3 is 0 Å². The van der Waals surface area contributed by atoms with Crippen LogP contribution in [0.25, 0.3) is 0 Å². The largest absolute Gasteiger partial charge is 0.493 e. The van der Waals surface area contributed by atoms with E-state index >= 15 is 0 Å². The zero-order chi connectivity index (χ0) is 18.8. The molecule has 148 valence electrons. The van der Waals surface area contributed by atoms with Crippen LogP contribution in [-0.4, -0.2) is 45.3 Å². The number of aromatic nitrogens is 1. The lowest BCUT2D eigenvalue weighted by molar-refractivity contribution is 0.354. The molecule has 0 bridgehead atoms. The number of hydrogen-bond acceptors (Lipinski definition) is 4. The van der Waals surface area contributed by atoms with E-state index in [2.05, 4.69) is 26.7 Å². The van der Waals surface area contributed by atoms with Gasteiger partial charge in [-0.25, -0.2) is 0 Å². The number of nitrogens with one attached hydrogen (secondary N) is 2. The number of hydrogen-bond donors (Lipinski definition) is 2. The number of ether oxygens (including phenoxy) is 2. The van der Waals surface area contributed by atoms with Crippen molar-refractivity contribution in [3.63, 3.8) is 0 Å². The van der Waals surface area contributed by atoms with Gasteiger partial charge in [0.25, 0.3) is 0 Å². The molecule has 0 aliphatic heterocycles. The summed E-state index contributed by atoms with van der Waals surface area (Å²) >= 11 is 0. The van der Waals surface area contributed by atoms with Crippen molar-refractivity contribution in [2.24, 2.45) is 4.99 Å². The second-order valence-electron chi connectivity index (χ2n) is 5.92. The fourth-order valence-corrected chi connectivity index (χ4v) is 2.55. The molecule has 0 saturated carbocycles. The Bertz CT molecular complexity index is 720. The number of rotatable bonds is 8. The van der Waals surface area contributed by atoms with Crippen molar-refractivity contribution in [3.05, 3.63) is 53.3 Å². The van der Waals surface area contributed by atoms with Crippen LogP contribution in [0, 0.1) is 6.92 Å². The molecule has 27 heavy (non-hydrogen) atoms. The van der Waals surface area contributed by atoms with Crippen LogP contribution < -0.4 is 20.1 Å². The van der Waals surface area contributed by atoms with Crippen molar-refractivity contribution < 1.29 is 9.47 Å². The summed E-state index contributed by atoms with van der Waals surface area (Å²) in [6.45, 7) is 3.58. The zero-order valence-electron chi connectivity index (χ0n) is 16.4. The third-order valence-electron chi connectivity index (χ3n) is 4.06. The van der Waals surface area contributed by atoms with Crippen LogP contribution in [0.1, 0.15) is 16.8 Å². The van der Waals surface area contributed by atoms with Gasteiger partial charge in [0, 0.05) is 32.0 Å². The van der Waals surface area contributed by atoms with Crippen LogP contribution in [0.3, 0.4) is 0 Å². The number of pyridine rings is 1. The van der Waals surface area contributed by atoms with Crippen molar-refractivity contribution >= 4 is 29.9 Å². The van der Waals surface area contributed by atoms with Gasteiger partial charge in [0.1, 0.15) is 0 Å². The number of aliphatic imine (C=N–C) groups is 1. The molecule has 0 spiro atoms. The molecule has 2 aromatic rings. The maximum Gasteiger partial charge on any atom is 0.190 e. The Hall–Kier alpha value is -2.03. The molecule has 0 aliphatic rings. The molecule has 0 amide bonds. The highest BCUT2D eigenvalue weighted by Crippen LogP contribution is 2.27. The number of halogens is 1. The first kappa shape index (κ1) is 23.0. The molecule has 0 radical (unpaired) electrons. The summed E-state index contributed by atoms with van der Waals surface area (Å²) in [5.41, 5.74) is 3.43. The first-order valence-electron chi connectivity index (χ1n) is 8.73. The van der Waals surface area contributed by atoms with Crippen LogP contribution in [0.15, 0.2) is 41.5 Å². The molecular formula is C20H29IN4O2. The van der Waals surface area contributed by atoms with Gasteiger partial charge in [0.15, 0.2) is 17.5 Å². The van der Waals surface area contributed by atoms with E-state index in [1.807, 2.05) is 37.4 Å². The third-order valence-corrected chi connectivity index (χ3v) is 4.06. The maximum atomic E-state index is 5.34. The molecular weight excluding hydrogens is 455 g/mol. The van der Waals surface area contributed by atoms with Crippen LogP contribution in [0.5, 0.6) is 11.5 Å². The Labute approximate surface area is 178 Å². The second kappa shape index (κ2) is 12.4. The van der Waals surface area contributed by atoms with Crippen LogP contribution in [0.2, 0.25) is 0 Å². The van der Waals surface area contributed by atoms with E-state index in [1.165, 1.54) is 11.1 Å². The molecule has 0 fully saturated rings. The van der Waals surface area contributed by atoms with E-state index in [9.17, 15) is 0 Å². The molecule has 2 N–H and O–H groups in total. The lowest BCUT2D eigenvalue weighted by Gasteiger charge is -2.13. The number of guanidine groups is 1. The minimum Gasteiger partial charge on any atom is -0.493 e. The smallest absolute Gasteiger partial charge is 0.190 e. The second-order valence-corrected chi connectivity index (χ2v) is 5.92. The highest BCUT2D eigenvalue weighted by atomic mass is 127. The molecule has 0 saturated heterocycles. The van der Waals surface area contributed by atoms with E-state index in [4.69, 9.17) is 9.47 Å². The highest BCUT2D eigenvalue weighted by Gasteiger charge is 2.05. The standard InChI is InChI=1S/C20H28N4O2.HI/c1-15-5-6-17(14-24-15)10-12-23-20(21-2)22-11-9-16-7-8-18(25-3)19(13-16)26-4;/h5-8,13-14H,9-12H2,1-4H3,(H2,21,22,23);1H. The first-order valence-corrected chi connectivity index (χ1v) is 8.73. The Morgan fingerprint density at radius 2 is 1.59 bits per heavy atom. The molecule has 7 heteroatoms. The predicted octanol–water partition coefficient (Wildman–Crippen LogP) is 2.98. The van der Waals surface area contributed by atoms with Crippen LogP contribution in [0.4, 0.5) is 0 Å². The van der Waals surface area contributed by atoms with Crippen molar-refractivity contribution in [2.75, 3.05) is 34.4 Å². The SMILES string of the molecule is CN=C(NCCc1ccc(C)nc1)NCCc1ccc(OC)c(OC)c1.I. The fraction of sp³-hybridized carbons (Fsp3) is 0.400.